The van der Waals surface area contributed by atoms with E-state index >= 15 is 0 Å². The second kappa shape index (κ2) is 8.77. The van der Waals surface area contributed by atoms with Crippen LogP contribution in [0.2, 0.25) is 0 Å². The summed E-state index contributed by atoms with van der Waals surface area (Å²) in [6, 6.07) is 8.72. The van der Waals surface area contributed by atoms with Crippen molar-refractivity contribution in [2.24, 2.45) is 0 Å². The Hall–Kier alpha value is -1.32. The van der Waals surface area contributed by atoms with Crippen LogP contribution in [-0.2, 0) is 11.3 Å². The molecular formula is C17H26N2O. The van der Waals surface area contributed by atoms with Gasteiger partial charge in [-0.25, -0.2) is 0 Å². The number of nitrogens with zero attached hydrogens (tertiary/aromatic N) is 1. The van der Waals surface area contributed by atoms with Crippen molar-refractivity contribution in [1.29, 1.82) is 0 Å². The van der Waals surface area contributed by atoms with Crippen LogP contribution >= 0.6 is 0 Å². The number of benzene rings is 1. The Kier molecular flexibility index (Phi) is 6.61. The van der Waals surface area contributed by atoms with Crippen molar-refractivity contribution in [2.75, 3.05) is 37.7 Å². The molecule has 0 saturated carbocycles. The first-order valence-electron chi connectivity index (χ1n) is 7.64. The van der Waals surface area contributed by atoms with E-state index in [0.717, 1.165) is 32.7 Å². The first kappa shape index (κ1) is 15.1. The summed E-state index contributed by atoms with van der Waals surface area (Å²) in [6.07, 6.45) is 5.45. The zero-order chi connectivity index (χ0) is 14.0. The van der Waals surface area contributed by atoms with Crippen molar-refractivity contribution in [3.63, 3.8) is 0 Å². The molecule has 110 valence electrons. The molecule has 20 heavy (non-hydrogen) atoms. The minimum Gasteiger partial charge on any atom is -0.380 e. The smallest absolute Gasteiger partial charge is 0.0591 e. The zero-order valence-corrected chi connectivity index (χ0v) is 12.3. The summed E-state index contributed by atoms with van der Waals surface area (Å²) in [5.74, 6) is 0. The van der Waals surface area contributed by atoms with Gasteiger partial charge in [0.1, 0.15) is 0 Å². The van der Waals surface area contributed by atoms with E-state index in [2.05, 4.69) is 41.1 Å². The lowest BCUT2D eigenvalue weighted by molar-refractivity contribution is 0.140. The van der Waals surface area contributed by atoms with Crippen LogP contribution in [0.3, 0.4) is 0 Å². The van der Waals surface area contributed by atoms with Crippen LogP contribution in [-0.4, -0.2) is 32.8 Å². The molecule has 2 rings (SSSR count). The molecule has 3 heteroatoms. The number of rotatable bonds is 9. The standard InChI is InChI=1S/C17H26N2O/c1-2-3-13-20-14-10-18-15-16-8-4-5-9-17(16)19-11-6-7-12-19/h2,4-5,8-9,18H,1,3,6-7,10-15H2. The van der Waals surface area contributed by atoms with Gasteiger partial charge in [0, 0.05) is 31.9 Å². The van der Waals surface area contributed by atoms with E-state index in [4.69, 9.17) is 4.74 Å². The van der Waals surface area contributed by atoms with Gasteiger partial charge in [0.15, 0.2) is 0 Å². The lowest BCUT2D eigenvalue weighted by Crippen LogP contribution is -2.23. The summed E-state index contributed by atoms with van der Waals surface area (Å²) in [4.78, 5) is 2.50. The summed E-state index contributed by atoms with van der Waals surface area (Å²) in [7, 11) is 0. The van der Waals surface area contributed by atoms with Crippen LogP contribution in [0, 0.1) is 0 Å². The summed E-state index contributed by atoms with van der Waals surface area (Å²) in [6.45, 7) is 9.42. The van der Waals surface area contributed by atoms with Gasteiger partial charge in [-0.2, -0.15) is 0 Å². The first-order chi connectivity index (χ1) is 9.92. The van der Waals surface area contributed by atoms with Crippen LogP contribution in [0.4, 0.5) is 5.69 Å². The molecule has 0 aromatic heterocycles. The molecule has 1 aliphatic heterocycles. The molecule has 0 radical (unpaired) electrons. The van der Waals surface area contributed by atoms with Crippen molar-refractivity contribution < 1.29 is 4.74 Å². The Labute approximate surface area is 122 Å². The topological polar surface area (TPSA) is 24.5 Å². The quantitative estimate of drug-likeness (QED) is 0.553. The molecule has 1 aromatic rings. The van der Waals surface area contributed by atoms with Gasteiger partial charge in [-0.15, -0.1) is 6.58 Å². The van der Waals surface area contributed by atoms with Crippen molar-refractivity contribution in [3.8, 4) is 0 Å². The van der Waals surface area contributed by atoms with Crippen LogP contribution < -0.4 is 10.2 Å². The Balaban J connectivity index is 1.73. The predicted octanol–water partition coefficient (Wildman–Crippen LogP) is 2.97. The largest absolute Gasteiger partial charge is 0.380 e. The highest BCUT2D eigenvalue weighted by atomic mass is 16.5. The van der Waals surface area contributed by atoms with Gasteiger partial charge < -0.3 is 15.0 Å². The van der Waals surface area contributed by atoms with Crippen molar-refractivity contribution in [1.82, 2.24) is 5.32 Å². The van der Waals surface area contributed by atoms with E-state index in [1.807, 2.05) is 6.08 Å². The summed E-state index contributed by atoms with van der Waals surface area (Å²) in [5, 5.41) is 3.46. The number of ether oxygens (including phenoxy) is 1. The van der Waals surface area contributed by atoms with Gasteiger partial charge in [-0.1, -0.05) is 24.3 Å². The lowest BCUT2D eigenvalue weighted by Gasteiger charge is -2.21. The SMILES string of the molecule is C=CCCOCCNCc1ccccc1N1CCCC1. The highest BCUT2D eigenvalue weighted by molar-refractivity contribution is 5.54. The van der Waals surface area contributed by atoms with Gasteiger partial charge in [-0.3, -0.25) is 0 Å². The minimum absolute atomic E-state index is 0.764. The Morgan fingerprint density at radius 2 is 2.00 bits per heavy atom. The lowest BCUT2D eigenvalue weighted by atomic mass is 10.1. The third kappa shape index (κ3) is 4.66. The number of para-hydroxylation sites is 1. The zero-order valence-electron chi connectivity index (χ0n) is 12.3. The maximum atomic E-state index is 5.50. The molecule has 3 nitrogen and oxygen atoms in total. The summed E-state index contributed by atoms with van der Waals surface area (Å²) >= 11 is 0. The molecule has 0 spiro atoms. The average Bonchev–Trinajstić information content (AvgIpc) is 3.01. The summed E-state index contributed by atoms with van der Waals surface area (Å²) < 4.78 is 5.50. The van der Waals surface area contributed by atoms with Crippen molar-refractivity contribution in [2.45, 2.75) is 25.8 Å². The highest BCUT2D eigenvalue weighted by Crippen LogP contribution is 2.24. The van der Waals surface area contributed by atoms with Crippen LogP contribution in [0.1, 0.15) is 24.8 Å². The maximum Gasteiger partial charge on any atom is 0.0591 e. The molecule has 1 aromatic carbocycles. The Morgan fingerprint density at radius 1 is 1.20 bits per heavy atom. The van der Waals surface area contributed by atoms with Crippen LogP contribution in [0.5, 0.6) is 0 Å². The van der Waals surface area contributed by atoms with Crippen molar-refractivity contribution >= 4 is 5.69 Å². The van der Waals surface area contributed by atoms with Gasteiger partial charge >= 0.3 is 0 Å². The van der Waals surface area contributed by atoms with Gasteiger partial charge in [0.05, 0.1) is 13.2 Å². The van der Waals surface area contributed by atoms with Gasteiger partial charge in [0.2, 0.25) is 0 Å². The molecular weight excluding hydrogens is 248 g/mol. The molecule has 0 unspecified atom stereocenters. The van der Waals surface area contributed by atoms with E-state index in [0.29, 0.717) is 0 Å². The van der Waals surface area contributed by atoms with Crippen LogP contribution in [0.25, 0.3) is 0 Å². The van der Waals surface area contributed by atoms with Crippen molar-refractivity contribution in [3.05, 3.63) is 42.5 Å². The summed E-state index contributed by atoms with van der Waals surface area (Å²) in [5.41, 5.74) is 2.78. The average molecular weight is 274 g/mol. The van der Waals surface area contributed by atoms with E-state index in [-0.39, 0.29) is 0 Å². The fourth-order valence-electron chi connectivity index (χ4n) is 2.56. The fraction of sp³-hybridized carbons (Fsp3) is 0.529. The molecule has 0 aliphatic carbocycles. The monoisotopic (exact) mass is 274 g/mol. The molecule has 1 aliphatic rings. The predicted molar refractivity (Wildman–Crippen MR) is 85.2 cm³/mol. The fourth-order valence-corrected chi connectivity index (χ4v) is 2.56. The van der Waals surface area contributed by atoms with E-state index in [9.17, 15) is 0 Å². The Morgan fingerprint density at radius 3 is 2.80 bits per heavy atom. The number of anilines is 1. The Bertz CT molecular complexity index is 400. The minimum atomic E-state index is 0.764. The number of nitrogens with one attached hydrogen (secondary N) is 1. The second-order valence-corrected chi connectivity index (χ2v) is 5.19. The normalized spacial score (nSPS) is 14.7. The molecule has 1 fully saturated rings. The molecule has 0 atom stereocenters. The van der Waals surface area contributed by atoms with Crippen LogP contribution in [0.15, 0.2) is 36.9 Å². The molecule has 1 saturated heterocycles. The highest BCUT2D eigenvalue weighted by Gasteiger charge is 2.14. The second-order valence-electron chi connectivity index (χ2n) is 5.19. The molecule has 1 heterocycles. The molecule has 0 amide bonds. The van der Waals surface area contributed by atoms with E-state index in [1.165, 1.54) is 37.2 Å². The number of hydrogen-bond donors (Lipinski definition) is 1. The van der Waals surface area contributed by atoms with Gasteiger partial charge in [-0.05, 0) is 30.9 Å². The van der Waals surface area contributed by atoms with E-state index in [1.54, 1.807) is 0 Å². The maximum absolute atomic E-state index is 5.50. The van der Waals surface area contributed by atoms with E-state index < -0.39 is 0 Å². The molecule has 1 N–H and O–H groups in total. The first-order valence-corrected chi connectivity index (χ1v) is 7.64. The third-order valence-electron chi connectivity index (χ3n) is 3.64. The third-order valence-corrected chi connectivity index (χ3v) is 3.64. The number of hydrogen-bond acceptors (Lipinski definition) is 3. The molecule has 0 bridgehead atoms. The van der Waals surface area contributed by atoms with Gasteiger partial charge in [0.25, 0.3) is 0 Å².